The Bertz CT molecular complexity index is 494. The van der Waals surface area contributed by atoms with Crippen LogP contribution in [0.1, 0.15) is 47.7 Å². The van der Waals surface area contributed by atoms with E-state index in [2.05, 4.69) is 4.90 Å². The molecule has 1 fully saturated rings. The Balaban J connectivity index is 2.21. The lowest BCUT2D eigenvalue weighted by Crippen LogP contribution is -2.42. The van der Waals surface area contributed by atoms with Gasteiger partial charge in [0.05, 0.1) is 16.8 Å². The molecular formula is C17H27NO2. The lowest BCUT2D eigenvalue weighted by molar-refractivity contribution is -0.0277. The van der Waals surface area contributed by atoms with Gasteiger partial charge in [0.1, 0.15) is 5.75 Å². The van der Waals surface area contributed by atoms with Crippen molar-refractivity contribution < 1.29 is 14.0 Å². The van der Waals surface area contributed by atoms with Gasteiger partial charge in [-0.1, -0.05) is 31.4 Å². The van der Waals surface area contributed by atoms with Crippen LogP contribution in [0, 0.1) is 0 Å². The van der Waals surface area contributed by atoms with E-state index >= 15 is 0 Å². The molecule has 0 aliphatic heterocycles. The van der Waals surface area contributed by atoms with Gasteiger partial charge in [0.2, 0.25) is 0 Å². The van der Waals surface area contributed by atoms with Gasteiger partial charge in [0.15, 0.2) is 0 Å². The summed E-state index contributed by atoms with van der Waals surface area (Å²) in [6.07, 6.45) is 4.93. The Morgan fingerprint density at radius 2 is 1.90 bits per heavy atom. The summed E-state index contributed by atoms with van der Waals surface area (Å²) in [5.41, 5.74) is 0.343. The molecule has 2 rings (SSSR count). The maximum Gasteiger partial charge on any atom is 0.118 e. The van der Waals surface area contributed by atoms with Crippen LogP contribution in [0.4, 0.5) is 0 Å². The van der Waals surface area contributed by atoms with E-state index in [9.17, 15) is 5.11 Å². The van der Waals surface area contributed by atoms with Gasteiger partial charge in [-0.2, -0.15) is 0 Å². The predicted octanol–water partition coefficient (Wildman–Crippen LogP) is 3.04. The number of hydrogen-bond acceptors (Lipinski definition) is 3. The molecular weight excluding hydrogens is 250 g/mol. The average molecular weight is 280 g/mol. The van der Waals surface area contributed by atoms with Crippen LogP contribution in [0.2, 0.25) is 0 Å². The molecule has 3 heteroatoms. The highest BCUT2D eigenvalue weighted by Gasteiger charge is 2.38. The highest BCUT2D eigenvalue weighted by atomic mass is 16.5. The zero-order valence-corrected chi connectivity index (χ0v) is 12.4. The molecule has 0 amide bonds. The molecule has 0 bridgehead atoms. The first-order valence-corrected chi connectivity index (χ1v) is 7.36. The van der Waals surface area contributed by atoms with Crippen molar-refractivity contribution in [1.29, 1.82) is 0 Å². The summed E-state index contributed by atoms with van der Waals surface area (Å²) >= 11 is 0. The summed E-state index contributed by atoms with van der Waals surface area (Å²) in [7, 11) is 1.57. The molecule has 1 N–H and O–H groups in total. The van der Waals surface area contributed by atoms with Gasteiger partial charge in [-0.3, -0.25) is 0 Å². The van der Waals surface area contributed by atoms with Crippen LogP contribution in [-0.4, -0.2) is 43.3 Å². The average Bonchev–Trinajstić information content (AvgIpc) is 2.45. The Labute approximate surface area is 126 Å². The van der Waals surface area contributed by atoms with Crippen molar-refractivity contribution in [3.63, 3.8) is 0 Å². The summed E-state index contributed by atoms with van der Waals surface area (Å²) in [5, 5.41) is 11.1. The van der Waals surface area contributed by atoms with Crippen LogP contribution in [0.25, 0.3) is 0 Å². The van der Waals surface area contributed by atoms with E-state index in [0.717, 1.165) is 37.8 Å². The van der Waals surface area contributed by atoms with Crippen LogP contribution < -0.4 is 4.74 Å². The van der Waals surface area contributed by atoms with Crippen molar-refractivity contribution in [2.24, 2.45) is 0 Å². The molecule has 1 aliphatic rings. The van der Waals surface area contributed by atoms with E-state index in [4.69, 9.17) is 8.85 Å². The van der Waals surface area contributed by atoms with Crippen molar-refractivity contribution in [3.05, 3.63) is 29.8 Å². The van der Waals surface area contributed by atoms with Crippen LogP contribution in [0.15, 0.2) is 24.3 Å². The molecule has 0 radical (unpaired) electrons. The second-order valence-corrected chi connectivity index (χ2v) is 6.15. The molecule has 0 heterocycles. The fraction of sp³-hybridized carbons (Fsp3) is 0.647. The number of ether oxygens (including phenoxy) is 1. The maximum atomic E-state index is 11.1. The third-order valence-corrected chi connectivity index (χ3v) is 4.32. The molecule has 0 saturated heterocycles. The number of rotatable bonds is 5. The Kier molecular flexibility index (Phi) is 3.82. The number of nitrogens with zero attached hydrogens (tertiary/aromatic N) is 1. The Morgan fingerprint density at radius 1 is 1.25 bits per heavy atom. The van der Waals surface area contributed by atoms with Crippen molar-refractivity contribution in [1.82, 2.24) is 4.90 Å². The summed E-state index contributed by atoms with van der Waals surface area (Å²) in [6.45, 7) is 0.760. The first-order chi connectivity index (χ1) is 10.7. The van der Waals surface area contributed by atoms with Gasteiger partial charge in [0.25, 0.3) is 0 Å². The van der Waals surface area contributed by atoms with Gasteiger partial charge < -0.3 is 14.7 Å². The molecule has 1 aromatic carbocycles. The quantitative estimate of drug-likeness (QED) is 0.900. The minimum atomic E-state index is -2.44. The molecule has 1 aromatic rings. The second kappa shape index (κ2) is 6.59. The number of likely N-dealkylation sites (N-methyl/N-ethyl adjacent to an activating group) is 1. The Morgan fingerprint density at radius 3 is 2.45 bits per heavy atom. The van der Waals surface area contributed by atoms with Crippen LogP contribution in [-0.2, 0) is 0 Å². The lowest BCUT2D eigenvalue weighted by Gasteiger charge is -2.40. The molecule has 1 saturated carbocycles. The van der Waals surface area contributed by atoms with Crippen molar-refractivity contribution in [2.45, 2.75) is 43.6 Å². The maximum absolute atomic E-state index is 11.1. The van der Waals surface area contributed by atoms with Crippen LogP contribution in [0.3, 0.4) is 0 Å². The van der Waals surface area contributed by atoms with Gasteiger partial charge in [-0.25, -0.2) is 0 Å². The summed E-state index contributed by atoms with van der Waals surface area (Å²) < 4.78 is 26.4. The number of benzene rings is 1. The molecule has 3 nitrogen and oxygen atoms in total. The third kappa shape index (κ3) is 3.53. The molecule has 112 valence electrons. The molecule has 1 aliphatic carbocycles. The largest absolute Gasteiger partial charge is 0.497 e. The molecule has 20 heavy (non-hydrogen) atoms. The first kappa shape index (κ1) is 11.6. The monoisotopic (exact) mass is 280 g/mol. The normalized spacial score (nSPS) is 22.7. The van der Waals surface area contributed by atoms with E-state index in [0.29, 0.717) is 5.75 Å². The minimum Gasteiger partial charge on any atom is -0.497 e. The van der Waals surface area contributed by atoms with E-state index < -0.39 is 12.6 Å². The molecule has 1 unspecified atom stereocenters. The first-order valence-electron chi connectivity index (χ1n) is 8.86. The number of methoxy groups -OCH3 is 1. The minimum absolute atomic E-state index is 0.0135. The fourth-order valence-corrected chi connectivity index (χ4v) is 3.23. The lowest BCUT2D eigenvalue weighted by atomic mass is 9.72. The second-order valence-electron chi connectivity index (χ2n) is 6.15. The van der Waals surface area contributed by atoms with Crippen molar-refractivity contribution in [3.8, 4) is 5.75 Å². The van der Waals surface area contributed by atoms with Gasteiger partial charge >= 0.3 is 0 Å². The van der Waals surface area contributed by atoms with E-state index in [1.165, 1.54) is 6.42 Å². The van der Waals surface area contributed by atoms with Crippen molar-refractivity contribution in [2.75, 3.05) is 27.7 Å². The van der Waals surface area contributed by atoms with Crippen LogP contribution >= 0.6 is 0 Å². The summed E-state index contributed by atoms with van der Waals surface area (Å²) in [6, 6.07) is 7.11. The van der Waals surface area contributed by atoms with E-state index in [1.807, 2.05) is 26.2 Å². The SMILES string of the molecule is [2H]C([2H])([2H])Oc1ccc(C(CN(C)C)C2(O)CCCCC2)cc1. The van der Waals surface area contributed by atoms with Gasteiger partial charge in [0, 0.05) is 12.5 Å². The topological polar surface area (TPSA) is 32.7 Å². The predicted molar refractivity (Wildman–Crippen MR) is 82.3 cm³/mol. The molecule has 0 spiro atoms. The van der Waals surface area contributed by atoms with Crippen LogP contribution in [0.5, 0.6) is 5.75 Å². The standard InChI is InChI=1S/C17H27NO2/c1-18(2)13-16(17(19)11-5-4-6-12-17)14-7-9-15(20-3)10-8-14/h7-10,16,19H,4-6,11-13H2,1-3H3/i3D3. The fourth-order valence-electron chi connectivity index (χ4n) is 3.23. The highest BCUT2D eigenvalue weighted by Crippen LogP contribution is 2.40. The van der Waals surface area contributed by atoms with Gasteiger partial charge in [-0.15, -0.1) is 0 Å². The number of aliphatic hydroxyl groups is 1. The smallest absolute Gasteiger partial charge is 0.118 e. The molecule has 1 atom stereocenters. The summed E-state index contributed by atoms with van der Waals surface area (Å²) in [5.74, 6) is 0.340. The zero-order valence-electron chi connectivity index (χ0n) is 15.4. The highest BCUT2D eigenvalue weighted by molar-refractivity contribution is 5.31. The van der Waals surface area contributed by atoms with E-state index in [1.54, 1.807) is 12.1 Å². The third-order valence-electron chi connectivity index (χ3n) is 4.32. The number of hydrogen-bond donors (Lipinski definition) is 1. The van der Waals surface area contributed by atoms with Gasteiger partial charge in [-0.05, 0) is 44.6 Å². The molecule has 0 aromatic heterocycles. The summed E-state index contributed by atoms with van der Waals surface area (Å²) in [4.78, 5) is 2.09. The van der Waals surface area contributed by atoms with Crippen molar-refractivity contribution >= 4 is 0 Å². The Hall–Kier alpha value is -1.06. The zero-order chi connectivity index (χ0) is 17.1. The van der Waals surface area contributed by atoms with E-state index in [-0.39, 0.29) is 5.92 Å².